The van der Waals surface area contributed by atoms with Crippen molar-refractivity contribution in [2.24, 2.45) is 5.92 Å². The number of carbonyl (C=O) groups excluding carboxylic acids is 2. The summed E-state index contributed by atoms with van der Waals surface area (Å²) in [6, 6.07) is 24.0. The largest absolute Gasteiger partial charge is 0.489 e. The average Bonchev–Trinajstić information content (AvgIpc) is 2.99. The van der Waals surface area contributed by atoms with Crippen LogP contribution in [0.1, 0.15) is 45.9 Å². The van der Waals surface area contributed by atoms with Crippen molar-refractivity contribution in [3.05, 3.63) is 101 Å². The maximum atomic E-state index is 13.0. The summed E-state index contributed by atoms with van der Waals surface area (Å²) in [5.41, 5.74) is 3.13. The maximum Gasteiger partial charge on any atom is 0.408 e. The first-order valence-electron chi connectivity index (χ1n) is 13.4. The van der Waals surface area contributed by atoms with Crippen LogP contribution in [0, 0.1) is 5.92 Å². The third kappa shape index (κ3) is 6.96. The number of benzene rings is 3. The number of hydrogen-bond donors (Lipinski definition) is 2. The zero-order valence-corrected chi connectivity index (χ0v) is 21.8. The van der Waals surface area contributed by atoms with Crippen LogP contribution >= 0.6 is 0 Å². The Labute approximate surface area is 228 Å². The Morgan fingerprint density at radius 2 is 1.69 bits per heavy atom. The van der Waals surface area contributed by atoms with Gasteiger partial charge in [-0.2, -0.15) is 0 Å². The molecule has 1 amide bonds. The number of aliphatic hydroxyl groups is 1. The highest BCUT2D eigenvalue weighted by molar-refractivity contribution is 5.89. The Balaban J connectivity index is 1.24. The van der Waals surface area contributed by atoms with Crippen LogP contribution in [0.25, 0.3) is 0 Å². The van der Waals surface area contributed by atoms with Gasteiger partial charge < -0.3 is 24.6 Å². The lowest BCUT2D eigenvalue weighted by atomic mass is 9.86. The predicted octanol–water partition coefficient (Wildman–Crippen LogP) is 4.32. The second-order valence-corrected chi connectivity index (χ2v) is 9.99. The number of amides is 1. The van der Waals surface area contributed by atoms with Gasteiger partial charge in [-0.15, -0.1) is 0 Å². The number of piperidine rings is 3. The summed E-state index contributed by atoms with van der Waals surface area (Å²) in [6.07, 6.45) is 1.68. The second-order valence-electron chi connectivity index (χ2n) is 9.99. The molecular formula is C31H34N2O6. The zero-order chi connectivity index (χ0) is 27.0. The molecule has 204 valence electrons. The molecule has 0 radical (unpaired) electrons. The van der Waals surface area contributed by atoms with Crippen LogP contribution in [-0.2, 0) is 16.1 Å². The minimum Gasteiger partial charge on any atom is -0.489 e. The van der Waals surface area contributed by atoms with Gasteiger partial charge in [0, 0.05) is 6.54 Å². The van der Waals surface area contributed by atoms with Gasteiger partial charge in [0.05, 0.1) is 18.2 Å². The van der Waals surface area contributed by atoms with Crippen LogP contribution in [0.5, 0.6) is 5.75 Å². The van der Waals surface area contributed by atoms with Gasteiger partial charge in [-0.1, -0.05) is 54.6 Å². The molecule has 3 fully saturated rings. The third-order valence-electron chi connectivity index (χ3n) is 7.36. The summed E-state index contributed by atoms with van der Waals surface area (Å²) in [6.45, 7) is 3.05. The maximum absolute atomic E-state index is 13.0. The molecule has 0 aromatic heterocycles. The number of alkyl carbamates (subject to hydrolysis) is 1. The highest BCUT2D eigenvalue weighted by atomic mass is 16.6. The lowest BCUT2D eigenvalue weighted by Gasteiger charge is -2.43. The van der Waals surface area contributed by atoms with Crippen molar-refractivity contribution in [2.75, 3.05) is 32.8 Å². The molecule has 39 heavy (non-hydrogen) atoms. The molecule has 8 heteroatoms. The topological polar surface area (TPSA) is 97.3 Å². The van der Waals surface area contributed by atoms with E-state index >= 15 is 0 Å². The van der Waals surface area contributed by atoms with Gasteiger partial charge in [0.15, 0.2) is 0 Å². The van der Waals surface area contributed by atoms with Crippen LogP contribution in [0.3, 0.4) is 0 Å². The molecule has 2 atom stereocenters. The molecule has 3 aliphatic rings. The molecular weight excluding hydrogens is 496 g/mol. The van der Waals surface area contributed by atoms with E-state index in [1.807, 2.05) is 54.6 Å². The van der Waals surface area contributed by atoms with Crippen molar-refractivity contribution in [2.45, 2.75) is 31.6 Å². The van der Waals surface area contributed by atoms with Crippen LogP contribution in [0.15, 0.2) is 78.9 Å². The van der Waals surface area contributed by atoms with Crippen molar-refractivity contribution in [3.8, 4) is 5.75 Å². The molecule has 2 bridgehead atoms. The Hall–Kier alpha value is -3.88. The van der Waals surface area contributed by atoms with Gasteiger partial charge in [0.2, 0.25) is 0 Å². The van der Waals surface area contributed by atoms with E-state index in [2.05, 4.69) is 10.2 Å². The van der Waals surface area contributed by atoms with E-state index < -0.39 is 18.1 Å². The molecule has 0 aliphatic carbocycles. The van der Waals surface area contributed by atoms with E-state index in [9.17, 15) is 9.59 Å². The summed E-state index contributed by atoms with van der Waals surface area (Å²) in [5.74, 6) is 0.621. The third-order valence-corrected chi connectivity index (χ3v) is 7.36. The van der Waals surface area contributed by atoms with Gasteiger partial charge in [-0.25, -0.2) is 9.59 Å². The number of rotatable bonds is 10. The van der Waals surface area contributed by atoms with Crippen LogP contribution < -0.4 is 10.1 Å². The van der Waals surface area contributed by atoms with Crippen LogP contribution in [0.4, 0.5) is 4.79 Å². The molecule has 0 saturated carbocycles. The van der Waals surface area contributed by atoms with Gasteiger partial charge in [-0.3, -0.25) is 4.90 Å². The highest BCUT2D eigenvalue weighted by Crippen LogP contribution is 2.30. The van der Waals surface area contributed by atoms with Gasteiger partial charge in [0.1, 0.15) is 25.1 Å². The fourth-order valence-electron chi connectivity index (χ4n) is 5.25. The summed E-state index contributed by atoms with van der Waals surface area (Å²) in [5, 5.41) is 11.9. The Kier molecular flexibility index (Phi) is 8.75. The molecule has 3 aromatic carbocycles. The molecule has 0 spiro atoms. The van der Waals surface area contributed by atoms with Gasteiger partial charge in [-0.05, 0) is 72.8 Å². The van der Waals surface area contributed by atoms with Crippen molar-refractivity contribution < 1.29 is 28.9 Å². The van der Waals surface area contributed by atoms with E-state index in [4.69, 9.17) is 19.3 Å². The SMILES string of the molecule is O=C(N[C@@H](c1ccccc1)c1cccc(OCc2ccc(C(=O)OCCO)cc2)c1)O[C@H]1CN2CCC1CC2. The normalized spacial score (nSPS) is 20.6. The molecule has 3 saturated heterocycles. The predicted molar refractivity (Wildman–Crippen MR) is 145 cm³/mol. The first-order valence-corrected chi connectivity index (χ1v) is 13.4. The van der Waals surface area contributed by atoms with Crippen molar-refractivity contribution in [1.29, 1.82) is 0 Å². The van der Waals surface area contributed by atoms with Gasteiger partial charge >= 0.3 is 12.1 Å². The lowest BCUT2D eigenvalue weighted by molar-refractivity contribution is -0.0336. The average molecular weight is 531 g/mol. The van der Waals surface area contributed by atoms with Crippen molar-refractivity contribution >= 4 is 12.1 Å². The van der Waals surface area contributed by atoms with E-state index in [-0.39, 0.29) is 19.3 Å². The Morgan fingerprint density at radius 1 is 0.949 bits per heavy atom. The first kappa shape index (κ1) is 26.7. The fraction of sp³-hybridized carbons (Fsp3) is 0.355. The number of fused-ring (bicyclic) bond motifs is 3. The first-order chi connectivity index (χ1) is 19.1. The molecule has 3 aliphatic heterocycles. The second kappa shape index (κ2) is 12.8. The molecule has 8 nitrogen and oxygen atoms in total. The van der Waals surface area contributed by atoms with E-state index in [0.29, 0.717) is 23.8 Å². The number of esters is 1. The molecule has 6 rings (SSSR count). The molecule has 0 unspecified atom stereocenters. The molecule has 3 heterocycles. The Morgan fingerprint density at radius 3 is 2.38 bits per heavy atom. The highest BCUT2D eigenvalue weighted by Gasteiger charge is 2.36. The number of nitrogens with one attached hydrogen (secondary N) is 1. The van der Waals surface area contributed by atoms with Gasteiger partial charge in [0.25, 0.3) is 0 Å². The summed E-state index contributed by atoms with van der Waals surface area (Å²) < 4.78 is 16.9. The number of carbonyl (C=O) groups is 2. The van der Waals surface area contributed by atoms with Crippen molar-refractivity contribution in [1.82, 2.24) is 10.2 Å². The Bertz CT molecular complexity index is 1240. The lowest BCUT2D eigenvalue weighted by Crippen LogP contribution is -2.52. The summed E-state index contributed by atoms with van der Waals surface area (Å²) in [7, 11) is 0. The monoisotopic (exact) mass is 530 g/mol. The summed E-state index contributed by atoms with van der Waals surface area (Å²) in [4.78, 5) is 27.3. The fourth-order valence-corrected chi connectivity index (χ4v) is 5.25. The smallest absolute Gasteiger partial charge is 0.408 e. The van der Waals surface area contributed by atoms with E-state index in [0.717, 1.165) is 49.2 Å². The minimum atomic E-state index is -0.476. The van der Waals surface area contributed by atoms with E-state index in [1.165, 1.54) is 0 Å². The van der Waals surface area contributed by atoms with E-state index in [1.54, 1.807) is 24.3 Å². The van der Waals surface area contributed by atoms with Crippen molar-refractivity contribution in [3.63, 3.8) is 0 Å². The summed E-state index contributed by atoms with van der Waals surface area (Å²) >= 11 is 0. The number of ether oxygens (including phenoxy) is 3. The van der Waals surface area contributed by atoms with Crippen LogP contribution in [0.2, 0.25) is 0 Å². The molecule has 3 aromatic rings. The molecule has 2 N–H and O–H groups in total. The number of nitrogens with zero attached hydrogens (tertiary/aromatic N) is 1. The standard InChI is InChI=1S/C31H34N2O6/c34-17-18-37-30(35)25-11-9-22(10-12-25)21-38-27-8-4-7-26(19-27)29(24-5-2-1-3-6-24)32-31(36)39-28-20-33-15-13-23(28)14-16-33/h1-12,19,23,28-29,34H,13-18,20-21H2,(H,32,36)/t28-,29-/m0/s1. The minimum absolute atomic E-state index is 0.0315. The van der Waals surface area contributed by atoms with Crippen LogP contribution in [-0.4, -0.2) is 61.0 Å². The number of hydrogen-bond acceptors (Lipinski definition) is 7. The number of aliphatic hydroxyl groups excluding tert-OH is 1. The quantitative estimate of drug-likeness (QED) is 0.377. The zero-order valence-electron chi connectivity index (χ0n) is 21.8.